The van der Waals surface area contributed by atoms with Crippen LogP contribution in [0.15, 0.2) is 39.8 Å². The fourth-order valence-electron chi connectivity index (χ4n) is 2.28. The number of benzene rings is 1. The van der Waals surface area contributed by atoms with E-state index in [0.29, 0.717) is 30.7 Å². The maximum absolute atomic E-state index is 11.6. The van der Waals surface area contributed by atoms with Crippen LogP contribution in [0.25, 0.3) is 0 Å². The largest absolute Gasteiger partial charge is 0.484 e. The van der Waals surface area contributed by atoms with Gasteiger partial charge in [0.1, 0.15) is 5.75 Å². The van der Waals surface area contributed by atoms with Gasteiger partial charge >= 0.3 is 0 Å². The van der Waals surface area contributed by atoms with Crippen LogP contribution >= 0.6 is 0 Å². The normalized spacial score (nSPS) is 11.4. The van der Waals surface area contributed by atoms with Crippen molar-refractivity contribution >= 4 is 11.9 Å². The lowest BCUT2D eigenvalue weighted by Gasteiger charge is -2.13. The van der Waals surface area contributed by atoms with Crippen LogP contribution in [-0.2, 0) is 17.9 Å². The second-order valence-corrected chi connectivity index (χ2v) is 6.88. The maximum Gasteiger partial charge on any atom is 0.259 e. The number of aliphatic imine (C=N–C) groups is 1. The highest BCUT2D eigenvalue weighted by Gasteiger charge is 2.09. The van der Waals surface area contributed by atoms with Crippen molar-refractivity contribution in [3.05, 3.63) is 47.3 Å². The Bertz CT molecular complexity index is 799. The summed E-state index contributed by atoms with van der Waals surface area (Å²) >= 11 is 0. The Morgan fingerprint density at radius 2 is 2.00 bits per heavy atom. The fraction of sp³-hybridized carbons (Fsp3) is 0.450. The van der Waals surface area contributed by atoms with Crippen molar-refractivity contribution in [3.8, 4) is 5.75 Å². The molecule has 0 fully saturated rings. The van der Waals surface area contributed by atoms with E-state index in [9.17, 15) is 4.79 Å². The van der Waals surface area contributed by atoms with Gasteiger partial charge in [-0.25, -0.2) is 0 Å². The molecule has 1 amide bonds. The minimum Gasteiger partial charge on any atom is -0.484 e. The molecule has 152 valence electrons. The molecule has 0 saturated carbocycles. The molecule has 1 aromatic heterocycles. The molecule has 0 saturated heterocycles. The third-order valence-corrected chi connectivity index (χ3v) is 4.04. The van der Waals surface area contributed by atoms with Gasteiger partial charge in [0.25, 0.3) is 5.91 Å². The number of amides is 1. The van der Waals surface area contributed by atoms with E-state index in [0.717, 1.165) is 17.0 Å². The second-order valence-electron chi connectivity index (χ2n) is 6.88. The summed E-state index contributed by atoms with van der Waals surface area (Å²) in [4.78, 5) is 17.3. The lowest BCUT2D eigenvalue weighted by molar-refractivity contribution is -0.130. The number of likely N-dealkylation sites (N-methyl/N-ethyl adjacent to an activating group) is 1. The van der Waals surface area contributed by atoms with Crippen LogP contribution in [-0.4, -0.2) is 49.7 Å². The van der Waals surface area contributed by atoms with Crippen LogP contribution in [0.1, 0.15) is 36.8 Å². The van der Waals surface area contributed by atoms with E-state index >= 15 is 0 Å². The highest BCUT2D eigenvalue weighted by atomic mass is 16.5. The van der Waals surface area contributed by atoms with E-state index in [-0.39, 0.29) is 12.5 Å². The molecule has 0 aliphatic carbocycles. The molecule has 1 aromatic carbocycles. The highest BCUT2D eigenvalue weighted by molar-refractivity contribution is 5.79. The summed E-state index contributed by atoms with van der Waals surface area (Å²) in [6, 6.07) is 9.54. The number of aromatic nitrogens is 1. The molecule has 0 spiro atoms. The van der Waals surface area contributed by atoms with Gasteiger partial charge in [0.15, 0.2) is 18.3 Å². The summed E-state index contributed by atoms with van der Waals surface area (Å²) in [5.41, 5.74) is 1.95. The van der Waals surface area contributed by atoms with Gasteiger partial charge in [-0.1, -0.05) is 31.1 Å². The van der Waals surface area contributed by atoms with Crippen LogP contribution in [0.4, 0.5) is 0 Å². The molecule has 0 aliphatic heterocycles. The van der Waals surface area contributed by atoms with Crippen molar-refractivity contribution in [2.45, 2.75) is 32.9 Å². The number of hydrogen-bond acceptors (Lipinski definition) is 5. The Labute approximate surface area is 165 Å². The van der Waals surface area contributed by atoms with E-state index < -0.39 is 0 Å². The highest BCUT2D eigenvalue weighted by Crippen LogP contribution is 2.14. The number of nitrogens with zero attached hydrogens (tertiary/aromatic N) is 3. The molecule has 2 N–H and O–H groups in total. The van der Waals surface area contributed by atoms with Gasteiger partial charge in [-0.2, -0.15) is 0 Å². The number of hydrogen-bond donors (Lipinski definition) is 2. The van der Waals surface area contributed by atoms with Crippen LogP contribution < -0.4 is 15.4 Å². The first-order valence-electron chi connectivity index (χ1n) is 9.21. The van der Waals surface area contributed by atoms with Crippen LogP contribution in [0, 0.1) is 0 Å². The van der Waals surface area contributed by atoms with Crippen LogP contribution in [0.3, 0.4) is 0 Å². The van der Waals surface area contributed by atoms with Crippen molar-refractivity contribution in [3.63, 3.8) is 0 Å². The summed E-state index contributed by atoms with van der Waals surface area (Å²) in [6.07, 6.45) is 0. The van der Waals surface area contributed by atoms with Crippen molar-refractivity contribution in [1.29, 1.82) is 0 Å². The Morgan fingerprint density at radius 1 is 1.25 bits per heavy atom. The zero-order chi connectivity index (χ0) is 20.5. The average Bonchev–Trinajstić information content (AvgIpc) is 3.16. The van der Waals surface area contributed by atoms with Crippen molar-refractivity contribution < 1.29 is 14.1 Å². The van der Waals surface area contributed by atoms with Crippen molar-refractivity contribution in [2.24, 2.45) is 4.99 Å². The molecule has 0 atom stereocenters. The Balaban J connectivity index is 1.83. The summed E-state index contributed by atoms with van der Waals surface area (Å²) in [5.74, 6) is 2.31. The first-order chi connectivity index (χ1) is 13.4. The molecule has 2 rings (SSSR count). The van der Waals surface area contributed by atoms with Gasteiger partial charge in [0.2, 0.25) is 0 Å². The van der Waals surface area contributed by atoms with E-state index in [2.05, 4.69) is 34.6 Å². The minimum absolute atomic E-state index is 0.0165. The molecule has 8 heteroatoms. The lowest BCUT2D eigenvalue weighted by atomic mass is 10.1. The van der Waals surface area contributed by atoms with E-state index in [1.54, 1.807) is 21.1 Å². The van der Waals surface area contributed by atoms with Gasteiger partial charge in [-0.3, -0.25) is 9.79 Å². The van der Waals surface area contributed by atoms with Crippen LogP contribution in [0.5, 0.6) is 5.75 Å². The molecule has 0 unspecified atom stereocenters. The molecule has 0 bridgehead atoms. The number of carbonyl (C=O) groups is 1. The molecular weight excluding hydrogens is 358 g/mol. The molecule has 1 heterocycles. The second kappa shape index (κ2) is 10.3. The van der Waals surface area contributed by atoms with E-state index in [1.807, 2.05) is 30.3 Å². The van der Waals surface area contributed by atoms with Gasteiger partial charge < -0.3 is 24.8 Å². The van der Waals surface area contributed by atoms with Gasteiger partial charge in [-0.15, -0.1) is 0 Å². The molecule has 28 heavy (non-hydrogen) atoms. The number of nitrogens with one attached hydrogen (secondary N) is 2. The van der Waals surface area contributed by atoms with E-state index in [1.165, 1.54) is 4.90 Å². The average molecular weight is 387 g/mol. The zero-order valence-corrected chi connectivity index (χ0v) is 17.2. The molecule has 2 aromatic rings. The monoisotopic (exact) mass is 387 g/mol. The topological polar surface area (TPSA) is 92.0 Å². The molecule has 8 nitrogen and oxygen atoms in total. The molecule has 0 aliphatic rings. The first kappa shape index (κ1) is 21.3. The third kappa shape index (κ3) is 6.61. The summed E-state index contributed by atoms with van der Waals surface area (Å²) in [5, 5.41) is 10.5. The summed E-state index contributed by atoms with van der Waals surface area (Å²) < 4.78 is 10.9. The smallest absolute Gasteiger partial charge is 0.259 e. The Hall–Kier alpha value is -3.03. The zero-order valence-electron chi connectivity index (χ0n) is 17.2. The summed E-state index contributed by atoms with van der Waals surface area (Å²) in [6.45, 7) is 5.22. The SMILES string of the molecule is CN=C(NCc1cccc(OCC(=O)N(C)C)c1)NCc1cc(C(C)C)no1. The minimum atomic E-state index is -0.0822. The van der Waals surface area contributed by atoms with Gasteiger partial charge in [0.05, 0.1) is 12.2 Å². The number of rotatable bonds is 8. The third-order valence-electron chi connectivity index (χ3n) is 4.04. The summed E-state index contributed by atoms with van der Waals surface area (Å²) in [7, 11) is 5.11. The number of carbonyl (C=O) groups excluding carboxylic acids is 1. The fourth-order valence-corrected chi connectivity index (χ4v) is 2.28. The predicted octanol–water partition coefficient (Wildman–Crippen LogP) is 2.13. The Morgan fingerprint density at radius 3 is 2.64 bits per heavy atom. The quantitative estimate of drug-likeness (QED) is 0.533. The van der Waals surface area contributed by atoms with Crippen molar-refractivity contribution in [1.82, 2.24) is 20.7 Å². The van der Waals surface area contributed by atoms with Gasteiger partial charge in [-0.05, 0) is 23.6 Å². The van der Waals surface area contributed by atoms with Gasteiger partial charge in [0, 0.05) is 33.8 Å². The predicted molar refractivity (Wildman–Crippen MR) is 108 cm³/mol. The first-order valence-corrected chi connectivity index (χ1v) is 9.21. The lowest BCUT2D eigenvalue weighted by Crippen LogP contribution is -2.36. The number of ether oxygens (including phenoxy) is 1. The number of guanidine groups is 1. The Kier molecular flexibility index (Phi) is 7.86. The standard InChI is InChI=1S/C20H29N5O3/c1-14(2)18-10-17(28-24-18)12-23-20(21-3)22-11-15-7-6-8-16(9-15)27-13-19(26)25(4)5/h6-10,14H,11-13H2,1-5H3,(H2,21,22,23). The molecule has 0 radical (unpaired) electrons. The maximum atomic E-state index is 11.6. The van der Waals surface area contributed by atoms with Crippen LogP contribution in [0.2, 0.25) is 0 Å². The van der Waals surface area contributed by atoms with E-state index in [4.69, 9.17) is 9.26 Å². The molecular formula is C20H29N5O3. The van der Waals surface area contributed by atoms with Crippen molar-refractivity contribution in [2.75, 3.05) is 27.7 Å².